The number of carbonyl (C=O) groups is 1. The summed E-state index contributed by atoms with van der Waals surface area (Å²) in [6.45, 7) is 8.43. The Morgan fingerprint density at radius 3 is 2.38 bits per heavy atom. The summed E-state index contributed by atoms with van der Waals surface area (Å²) in [5, 5.41) is 0. The van der Waals surface area contributed by atoms with E-state index in [4.69, 9.17) is 9.47 Å². The fraction of sp³-hybridized carbons (Fsp3) is 0.550. The van der Waals surface area contributed by atoms with Crippen molar-refractivity contribution in [3.63, 3.8) is 0 Å². The first-order valence-electron chi connectivity index (χ1n) is 8.76. The molecule has 1 heterocycles. The normalized spacial score (nSPS) is 18.8. The van der Waals surface area contributed by atoms with Gasteiger partial charge >= 0.3 is 5.97 Å². The lowest BCUT2D eigenvalue weighted by molar-refractivity contribution is -0.147. The number of thioether (sulfide) groups is 1. The van der Waals surface area contributed by atoms with Crippen molar-refractivity contribution in [2.24, 2.45) is 5.92 Å². The maximum atomic E-state index is 12.2. The van der Waals surface area contributed by atoms with Crippen LogP contribution >= 0.6 is 11.8 Å². The Labute approximate surface area is 149 Å². The monoisotopic (exact) mass is 348 g/mol. The zero-order chi connectivity index (χ0) is 17.7. The van der Waals surface area contributed by atoms with Crippen LogP contribution in [0.4, 0.5) is 0 Å². The first-order valence-corrected chi connectivity index (χ1v) is 9.99. The Morgan fingerprint density at radius 1 is 1.21 bits per heavy atom. The molecule has 1 saturated carbocycles. The van der Waals surface area contributed by atoms with Crippen LogP contribution in [0.25, 0.3) is 5.57 Å². The van der Waals surface area contributed by atoms with Gasteiger partial charge in [-0.15, -0.1) is 11.8 Å². The maximum absolute atomic E-state index is 12.2. The number of esters is 1. The predicted molar refractivity (Wildman–Crippen MR) is 100.0 cm³/mol. The number of hydrogen-bond donors (Lipinski definition) is 0. The molecule has 0 N–H and O–H groups in total. The van der Waals surface area contributed by atoms with Crippen molar-refractivity contribution >= 4 is 23.3 Å². The summed E-state index contributed by atoms with van der Waals surface area (Å²) >= 11 is 1.70. The average Bonchev–Trinajstić information content (AvgIpc) is 3.36. The van der Waals surface area contributed by atoms with Gasteiger partial charge in [0.1, 0.15) is 5.60 Å². The lowest BCUT2D eigenvalue weighted by atomic mass is 9.92. The van der Waals surface area contributed by atoms with Gasteiger partial charge in [0, 0.05) is 4.90 Å². The van der Waals surface area contributed by atoms with E-state index in [-0.39, 0.29) is 5.97 Å². The van der Waals surface area contributed by atoms with Crippen molar-refractivity contribution in [3.8, 4) is 0 Å². The quantitative estimate of drug-likeness (QED) is 0.516. The summed E-state index contributed by atoms with van der Waals surface area (Å²) in [5.74, 6) is 0.836. The number of cyclic esters (lactones) is 1. The SMILES string of the molecule is CC.CSc1ccc(C2=C(OCCC3CC3)C(=O)OC2(C)C)cc1. The van der Waals surface area contributed by atoms with E-state index < -0.39 is 5.60 Å². The molecule has 132 valence electrons. The second-order valence-electron chi connectivity index (χ2n) is 6.41. The summed E-state index contributed by atoms with van der Waals surface area (Å²) in [7, 11) is 0. The van der Waals surface area contributed by atoms with E-state index in [2.05, 4.69) is 12.1 Å². The predicted octanol–water partition coefficient (Wildman–Crippen LogP) is 5.30. The third-order valence-electron chi connectivity index (χ3n) is 4.21. The van der Waals surface area contributed by atoms with E-state index in [0.717, 1.165) is 23.5 Å². The van der Waals surface area contributed by atoms with Gasteiger partial charge in [-0.3, -0.25) is 0 Å². The molecular formula is C20H28O3S. The molecule has 1 fully saturated rings. The Bertz CT molecular complexity index is 598. The highest BCUT2D eigenvalue weighted by Gasteiger charge is 2.42. The van der Waals surface area contributed by atoms with Crippen molar-refractivity contribution in [2.75, 3.05) is 12.9 Å². The average molecular weight is 349 g/mol. The van der Waals surface area contributed by atoms with Gasteiger partial charge in [-0.05, 0) is 50.1 Å². The summed E-state index contributed by atoms with van der Waals surface area (Å²) in [5.41, 5.74) is 1.21. The Balaban J connectivity index is 0.00000100. The van der Waals surface area contributed by atoms with Crippen LogP contribution < -0.4 is 0 Å². The largest absolute Gasteiger partial charge is 0.486 e. The first-order chi connectivity index (χ1) is 11.5. The van der Waals surface area contributed by atoms with Gasteiger partial charge in [-0.1, -0.05) is 38.8 Å². The highest BCUT2D eigenvalue weighted by Crippen LogP contribution is 2.41. The molecule has 4 heteroatoms. The van der Waals surface area contributed by atoms with E-state index in [1.54, 1.807) is 11.8 Å². The highest BCUT2D eigenvalue weighted by molar-refractivity contribution is 7.98. The molecule has 1 aromatic rings. The molecule has 0 unspecified atom stereocenters. The smallest absolute Gasteiger partial charge is 0.374 e. The number of hydrogen-bond acceptors (Lipinski definition) is 4. The van der Waals surface area contributed by atoms with Crippen LogP contribution in [0.5, 0.6) is 0 Å². The lowest BCUT2D eigenvalue weighted by Crippen LogP contribution is -2.22. The van der Waals surface area contributed by atoms with E-state index in [0.29, 0.717) is 12.4 Å². The van der Waals surface area contributed by atoms with Crippen molar-refractivity contribution in [2.45, 2.75) is 57.5 Å². The van der Waals surface area contributed by atoms with E-state index in [9.17, 15) is 4.79 Å². The molecule has 0 atom stereocenters. The molecular weight excluding hydrogens is 320 g/mol. The van der Waals surface area contributed by atoms with E-state index >= 15 is 0 Å². The minimum Gasteiger partial charge on any atom is -0.486 e. The van der Waals surface area contributed by atoms with Gasteiger partial charge in [-0.2, -0.15) is 0 Å². The Morgan fingerprint density at radius 2 is 1.83 bits per heavy atom. The van der Waals surface area contributed by atoms with Crippen LogP contribution in [0, 0.1) is 5.92 Å². The molecule has 2 aliphatic rings. The van der Waals surface area contributed by atoms with Crippen LogP contribution in [0.2, 0.25) is 0 Å². The van der Waals surface area contributed by atoms with E-state index in [1.165, 1.54) is 17.7 Å². The van der Waals surface area contributed by atoms with Crippen LogP contribution in [0.15, 0.2) is 34.9 Å². The minimum absolute atomic E-state index is 0.343. The van der Waals surface area contributed by atoms with Crippen molar-refractivity contribution in [1.29, 1.82) is 0 Å². The van der Waals surface area contributed by atoms with Crippen molar-refractivity contribution < 1.29 is 14.3 Å². The fourth-order valence-electron chi connectivity index (χ4n) is 2.81. The third kappa shape index (κ3) is 4.35. The molecule has 0 saturated heterocycles. The molecule has 0 amide bonds. The summed E-state index contributed by atoms with van der Waals surface area (Å²) in [6.07, 6.45) is 5.66. The second kappa shape index (κ2) is 8.11. The van der Waals surface area contributed by atoms with Gasteiger partial charge in [0.05, 0.1) is 12.2 Å². The number of benzene rings is 1. The van der Waals surface area contributed by atoms with E-state index in [1.807, 2.05) is 46.1 Å². The maximum Gasteiger partial charge on any atom is 0.374 e. The molecule has 0 bridgehead atoms. The van der Waals surface area contributed by atoms with Crippen LogP contribution in [0.3, 0.4) is 0 Å². The van der Waals surface area contributed by atoms with Crippen molar-refractivity contribution in [3.05, 3.63) is 35.6 Å². The topological polar surface area (TPSA) is 35.5 Å². The van der Waals surface area contributed by atoms with Gasteiger partial charge in [-0.25, -0.2) is 4.79 Å². The zero-order valence-electron chi connectivity index (χ0n) is 15.3. The summed E-state index contributed by atoms with van der Waals surface area (Å²) < 4.78 is 11.3. The molecule has 24 heavy (non-hydrogen) atoms. The summed E-state index contributed by atoms with van der Waals surface area (Å²) in [6, 6.07) is 8.20. The molecule has 0 spiro atoms. The van der Waals surface area contributed by atoms with Gasteiger partial charge in [0.25, 0.3) is 0 Å². The molecule has 0 aromatic heterocycles. The van der Waals surface area contributed by atoms with Gasteiger partial charge in [0.2, 0.25) is 5.76 Å². The Hall–Kier alpha value is -1.42. The summed E-state index contributed by atoms with van der Waals surface area (Å²) in [4.78, 5) is 13.4. The van der Waals surface area contributed by atoms with Crippen molar-refractivity contribution in [1.82, 2.24) is 0 Å². The molecule has 1 aromatic carbocycles. The molecule has 0 radical (unpaired) electrons. The molecule has 3 rings (SSSR count). The standard InChI is InChI=1S/C18H22O3S.C2H6/c1-18(2)15(13-6-8-14(22-3)9-7-13)16(17(19)21-18)20-11-10-12-4-5-12;1-2/h6-9,12H,4-5,10-11H2,1-3H3;1-2H3. The Kier molecular flexibility index (Phi) is 6.39. The van der Waals surface area contributed by atoms with Crippen LogP contribution in [0.1, 0.15) is 52.5 Å². The fourth-order valence-corrected chi connectivity index (χ4v) is 3.21. The molecule has 1 aliphatic heterocycles. The molecule has 3 nitrogen and oxygen atoms in total. The van der Waals surface area contributed by atoms with Gasteiger partial charge < -0.3 is 9.47 Å². The molecule has 1 aliphatic carbocycles. The van der Waals surface area contributed by atoms with Crippen LogP contribution in [-0.2, 0) is 14.3 Å². The second-order valence-corrected chi connectivity index (χ2v) is 7.29. The highest BCUT2D eigenvalue weighted by atomic mass is 32.2. The van der Waals surface area contributed by atoms with Gasteiger partial charge in [0.15, 0.2) is 0 Å². The number of carbonyl (C=O) groups excluding carboxylic acids is 1. The third-order valence-corrected chi connectivity index (χ3v) is 4.95. The lowest BCUT2D eigenvalue weighted by Gasteiger charge is -2.21. The van der Waals surface area contributed by atoms with Crippen LogP contribution in [-0.4, -0.2) is 24.4 Å². The minimum atomic E-state index is -0.646. The first kappa shape index (κ1) is 18.9. The number of ether oxygens (including phenoxy) is 2. The number of rotatable bonds is 6. The zero-order valence-corrected chi connectivity index (χ0v) is 16.2.